The van der Waals surface area contributed by atoms with Gasteiger partial charge < -0.3 is 5.11 Å². The molecular formula is C14H25N3O2. The first-order valence-corrected chi connectivity index (χ1v) is 7.03. The van der Waals surface area contributed by atoms with Crippen molar-refractivity contribution in [1.82, 2.24) is 9.78 Å². The average molecular weight is 267 g/mol. The van der Waals surface area contributed by atoms with Crippen LogP contribution in [0.3, 0.4) is 0 Å². The van der Waals surface area contributed by atoms with Gasteiger partial charge in [-0.15, -0.1) is 0 Å². The fourth-order valence-electron chi connectivity index (χ4n) is 2.18. The number of hydrogen-bond donors (Lipinski definition) is 2. The lowest BCUT2D eigenvalue weighted by atomic mass is 10.2. The number of nitrogens with one attached hydrogen (secondary N) is 1. The standard InChI is InChI=1S/C14H25N3O2/c1-4-5-6-7-9-17-14(19)13(12(3)16-17)11(2)15-8-10-18/h16,18H,4-10H2,1-3H3. The Kier molecular flexibility index (Phi) is 6.56. The number of aromatic amines is 1. The fourth-order valence-corrected chi connectivity index (χ4v) is 2.18. The molecule has 0 amide bonds. The van der Waals surface area contributed by atoms with Crippen molar-refractivity contribution < 1.29 is 5.11 Å². The molecule has 0 aliphatic heterocycles. The summed E-state index contributed by atoms with van der Waals surface area (Å²) < 4.78 is 1.66. The minimum Gasteiger partial charge on any atom is -0.394 e. The van der Waals surface area contributed by atoms with Crippen LogP contribution in [0.25, 0.3) is 0 Å². The highest BCUT2D eigenvalue weighted by Crippen LogP contribution is 2.04. The van der Waals surface area contributed by atoms with E-state index in [1.807, 2.05) is 13.8 Å². The van der Waals surface area contributed by atoms with E-state index in [2.05, 4.69) is 17.0 Å². The molecule has 0 bridgehead atoms. The van der Waals surface area contributed by atoms with Crippen LogP contribution >= 0.6 is 0 Å². The van der Waals surface area contributed by atoms with E-state index in [1.165, 1.54) is 12.8 Å². The molecule has 5 nitrogen and oxygen atoms in total. The summed E-state index contributed by atoms with van der Waals surface area (Å²) in [6, 6.07) is 0. The van der Waals surface area contributed by atoms with E-state index in [-0.39, 0.29) is 12.2 Å². The van der Waals surface area contributed by atoms with Crippen LogP contribution < -0.4 is 5.56 Å². The zero-order valence-corrected chi connectivity index (χ0v) is 12.2. The number of unbranched alkanes of at least 4 members (excludes halogenated alkanes) is 3. The maximum absolute atomic E-state index is 12.2. The fraction of sp³-hybridized carbons (Fsp3) is 0.714. The molecule has 0 aliphatic carbocycles. The third kappa shape index (κ3) is 4.35. The lowest BCUT2D eigenvalue weighted by Gasteiger charge is -2.00. The summed E-state index contributed by atoms with van der Waals surface area (Å²) in [5.41, 5.74) is 2.18. The van der Waals surface area contributed by atoms with Crippen molar-refractivity contribution in [2.24, 2.45) is 4.99 Å². The molecular weight excluding hydrogens is 242 g/mol. The molecule has 0 atom stereocenters. The first kappa shape index (κ1) is 15.7. The molecule has 0 aromatic carbocycles. The van der Waals surface area contributed by atoms with Crippen molar-refractivity contribution in [2.75, 3.05) is 13.2 Å². The molecule has 0 spiro atoms. The zero-order chi connectivity index (χ0) is 14.3. The lowest BCUT2D eigenvalue weighted by molar-refractivity contribution is 0.307. The Bertz CT molecular complexity index is 472. The predicted octanol–water partition coefficient (Wildman–Crippen LogP) is 1.87. The molecule has 5 heteroatoms. The van der Waals surface area contributed by atoms with Crippen LogP contribution in [0.1, 0.15) is 50.8 Å². The van der Waals surface area contributed by atoms with E-state index >= 15 is 0 Å². The van der Waals surface area contributed by atoms with Crippen molar-refractivity contribution in [3.8, 4) is 0 Å². The van der Waals surface area contributed by atoms with Gasteiger partial charge in [0.2, 0.25) is 0 Å². The monoisotopic (exact) mass is 267 g/mol. The molecule has 1 aromatic heterocycles. The van der Waals surface area contributed by atoms with Gasteiger partial charge in [-0.1, -0.05) is 26.2 Å². The first-order valence-electron chi connectivity index (χ1n) is 7.03. The second-order valence-electron chi connectivity index (χ2n) is 4.82. The summed E-state index contributed by atoms with van der Waals surface area (Å²) in [5, 5.41) is 11.9. The largest absolute Gasteiger partial charge is 0.394 e. The summed E-state index contributed by atoms with van der Waals surface area (Å²) >= 11 is 0. The Balaban J connectivity index is 2.80. The SMILES string of the molecule is CCCCCCn1[nH]c(C)c(C(C)=NCCO)c1=O. The number of H-pyrrole nitrogens is 1. The first-order chi connectivity index (χ1) is 9.11. The highest BCUT2D eigenvalue weighted by atomic mass is 16.3. The number of hydrogen-bond acceptors (Lipinski definition) is 3. The molecule has 0 radical (unpaired) electrons. The molecule has 0 saturated carbocycles. The lowest BCUT2D eigenvalue weighted by Crippen LogP contribution is -2.21. The van der Waals surface area contributed by atoms with Gasteiger partial charge >= 0.3 is 0 Å². The van der Waals surface area contributed by atoms with Crippen molar-refractivity contribution >= 4 is 5.71 Å². The molecule has 1 heterocycles. The van der Waals surface area contributed by atoms with Crippen molar-refractivity contribution in [2.45, 2.75) is 53.0 Å². The molecule has 2 N–H and O–H groups in total. The molecule has 108 valence electrons. The highest BCUT2D eigenvalue weighted by Gasteiger charge is 2.13. The number of aromatic nitrogens is 2. The maximum atomic E-state index is 12.2. The molecule has 0 fully saturated rings. The van der Waals surface area contributed by atoms with E-state index in [0.29, 0.717) is 17.8 Å². The van der Waals surface area contributed by atoms with Crippen LogP contribution in [0.2, 0.25) is 0 Å². The van der Waals surface area contributed by atoms with Crippen LogP contribution in [-0.4, -0.2) is 33.8 Å². The molecule has 0 unspecified atom stereocenters. The third-order valence-corrected chi connectivity index (χ3v) is 3.18. The number of aliphatic hydroxyl groups excluding tert-OH is 1. The predicted molar refractivity (Wildman–Crippen MR) is 78.1 cm³/mol. The van der Waals surface area contributed by atoms with Crippen molar-refractivity contribution in [3.05, 3.63) is 21.6 Å². The molecule has 1 rings (SSSR count). The van der Waals surface area contributed by atoms with Crippen LogP contribution in [0.4, 0.5) is 0 Å². The molecule has 0 saturated heterocycles. The van der Waals surface area contributed by atoms with Gasteiger partial charge in [0, 0.05) is 18.0 Å². The Labute approximate surface area is 114 Å². The second kappa shape index (κ2) is 7.94. The number of aliphatic hydroxyl groups is 1. The van der Waals surface area contributed by atoms with Gasteiger partial charge in [0.15, 0.2) is 0 Å². The van der Waals surface area contributed by atoms with Gasteiger partial charge in [0.25, 0.3) is 5.56 Å². The van der Waals surface area contributed by atoms with Gasteiger partial charge in [-0.3, -0.25) is 19.6 Å². The molecule has 0 aliphatic rings. The molecule has 19 heavy (non-hydrogen) atoms. The minimum absolute atomic E-state index is 0.00597. The van der Waals surface area contributed by atoms with Crippen molar-refractivity contribution in [3.63, 3.8) is 0 Å². The molecule has 1 aromatic rings. The van der Waals surface area contributed by atoms with Crippen LogP contribution in [0.15, 0.2) is 9.79 Å². The highest BCUT2D eigenvalue weighted by molar-refractivity contribution is 5.99. The van der Waals surface area contributed by atoms with E-state index in [0.717, 1.165) is 25.1 Å². The average Bonchev–Trinajstić information content (AvgIpc) is 2.67. The van der Waals surface area contributed by atoms with Crippen LogP contribution in [0, 0.1) is 6.92 Å². The summed E-state index contributed by atoms with van der Waals surface area (Å²) in [4.78, 5) is 16.4. The van der Waals surface area contributed by atoms with Crippen molar-refractivity contribution in [1.29, 1.82) is 0 Å². The topological polar surface area (TPSA) is 70.4 Å². The van der Waals surface area contributed by atoms with Gasteiger partial charge in [-0.05, 0) is 20.3 Å². The van der Waals surface area contributed by atoms with Crippen LogP contribution in [0.5, 0.6) is 0 Å². The Morgan fingerprint density at radius 2 is 2.11 bits per heavy atom. The third-order valence-electron chi connectivity index (χ3n) is 3.18. The van der Waals surface area contributed by atoms with Crippen LogP contribution in [-0.2, 0) is 6.54 Å². The summed E-state index contributed by atoms with van der Waals surface area (Å²) in [6.07, 6.45) is 4.56. The van der Waals surface area contributed by atoms with Gasteiger partial charge in [-0.25, -0.2) is 0 Å². The smallest absolute Gasteiger partial charge is 0.275 e. The summed E-state index contributed by atoms with van der Waals surface area (Å²) in [5.74, 6) is 0. The van der Waals surface area contributed by atoms with E-state index < -0.39 is 0 Å². The van der Waals surface area contributed by atoms with Gasteiger partial charge in [-0.2, -0.15) is 0 Å². The number of aryl methyl sites for hydroxylation is 2. The van der Waals surface area contributed by atoms with Gasteiger partial charge in [0.1, 0.15) is 0 Å². The maximum Gasteiger partial charge on any atom is 0.275 e. The van der Waals surface area contributed by atoms with E-state index in [4.69, 9.17) is 5.11 Å². The zero-order valence-electron chi connectivity index (χ0n) is 12.2. The number of nitrogens with zero attached hydrogens (tertiary/aromatic N) is 2. The summed E-state index contributed by atoms with van der Waals surface area (Å²) in [6.45, 7) is 6.95. The minimum atomic E-state index is -0.00631. The Morgan fingerprint density at radius 1 is 1.37 bits per heavy atom. The Morgan fingerprint density at radius 3 is 2.74 bits per heavy atom. The number of aliphatic imine (C=N–C) groups is 1. The second-order valence-corrected chi connectivity index (χ2v) is 4.82. The number of rotatable bonds is 8. The van der Waals surface area contributed by atoms with E-state index in [9.17, 15) is 4.79 Å². The quantitative estimate of drug-likeness (QED) is 0.557. The summed E-state index contributed by atoms with van der Waals surface area (Å²) in [7, 11) is 0. The Hall–Kier alpha value is -1.36. The van der Waals surface area contributed by atoms with Gasteiger partial charge in [0.05, 0.1) is 18.7 Å². The normalized spacial score (nSPS) is 12.1. The van der Waals surface area contributed by atoms with E-state index in [1.54, 1.807) is 4.68 Å².